The normalized spacial score (nSPS) is 16.0. The number of hydrogen-bond acceptors (Lipinski definition) is 4. The Bertz CT molecular complexity index is 923. The van der Waals surface area contributed by atoms with Gasteiger partial charge in [0.15, 0.2) is 0 Å². The Balaban J connectivity index is 2.03. The smallest absolute Gasteiger partial charge is 0.335 e. The molecule has 1 heterocycles. The van der Waals surface area contributed by atoms with Gasteiger partial charge in [-0.25, -0.2) is 9.69 Å². The summed E-state index contributed by atoms with van der Waals surface area (Å²) in [7, 11) is 0. The third-order valence-corrected chi connectivity index (χ3v) is 4.18. The summed E-state index contributed by atoms with van der Waals surface area (Å²) in [6.45, 7) is 2.29. The van der Waals surface area contributed by atoms with Crippen LogP contribution in [-0.2, 0) is 9.59 Å². The number of imide groups is 2. The van der Waals surface area contributed by atoms with Crippen LogP contribution in [0.1, 0.15) is 12.5 Å². The van der Waals surface area contributed by atoms with Crippen LogP contribution in [0.4, 0.5) is 10.5 Å². The van der Waals surface area contributed by atoms with E-state index in [1.54, 1.807) is 48.5 Å². The van der Waals surface area contributed by atoms with Gasteiger partial charge in [-0.1, -0.05) is 40.2 Å². The summed E-state index contributed by atoms with van der Waals surface area (Å²) < 4.78 is 6.23. The second-order valence-corrected chi connectivity index (χ2v) is 6.32. The molecule has 1 saturated heterocycles. The number of hydrogen-bond donors (Lipinski definition) is 1. The van der Waals surface area contributed by atoms with Crippen molar-refractivity contribution in [3.63, 3.8) is 0 Å². The van der Waals surface area contributed by atoms with Crippen molar-refractivity contribution in [3.8, 4) is 5.75 Å². The zero-order valence-electron chi connectivity index (χ0n) is 13.9. The van der Waals surface area contributed by atoms with Gasteiger partial charge in [-0.05, 0) is 37.3 Å². The van der Waals surface area contributed by atoms with Crippen molar-refractivity contribution in [2.75, 3.05) is 11.5 Å². The van der Waals surface area contributed by atoms with E-state index >= 15 is 0 Å². The Morgan fingerprint density at radius 3 is 2.62 bits per heavy atom. The number of halogens is 1. The second-order valence-electron chi connectivity index (χ2n) is 5.41. The monoisotopic (exact) mass is 414 g/mol. The van der Waals surface area contributed by atoms with Crippen LogP contribution in [0.2, 0.25) is 0 Å². The number of carbonyl (C=O) groups is 3. The van der Waals surface area contributed by atoms with Crippen LogP contribution in [0.15, 0.2) is 58.6 Å². The number of carbonyl (C=O) groups excluding carboxylic acids is 3. The van der Waals surface area contributed by atoms with Gasteiger partial charge in [0.25, 0.3) is 11.8 Å². The average Bonchev–Trinajstić information content (AvgIpc) is 2.60. The number of nitrogens with one attached hydrogen (secondary N) is 1. The molecule has 1 fully saturated rings. The lowest BCUT2D eigenvalue weighted by atomic mass is 10.1. The topological polar surface area (TPSA) is 75.7 Å². The van der Waals surface area contributed by atoms with Crippen LogP contribution in [0.3, 0.4) is 0 Å². The highest BCUT2D eigenvalue weighted by Gasteiger charge is 2.37. The average molecular weight is 415 g/mol. The van der Waals surface area contributed by atoms with Crippen LogP contribution in [0.5, 0.6) is 5.75 Å². The summed E-state index contributed by atoms with van der Waals surface area (Å²) in [5, 5.41) is 2.20. The van der Waals surface area contributed by atoms with E-state index in [4.69, 9.17) is 4.74 Å². The zero-order valence-corrected chi connectivity index (χ0v) is 15.4. The third-order valence-electron chi connectivity index (χ3n) is 3.69. The van der Waals surface area contributed by atoms with Crippen molar-refractivity contribution in [2.24, 2.45) is 0 Å². The summed E-state index contributed by atoms with van der Waals surface area (Å²) in [5.74, 6) is -0.880. The Morgan fingerprint density at radius 1 is 1.12 bits per heavy atom. The lowest BCUT2D eigenvalue weighted by molar-refractivity contribution is -0.122. The highest BCUT2D eigenvalue weighted by atomic mass is 79.9. The first-order valence-corrected chi connectivity index (χ1v) is 8.69. The van der Waals surface area contributed by atoms with Crippen molar-refractivity contribution in [1.29, 1.82) is 0 Å². The lowest BCUT2D eigenvalue weighted by Crippen LogP contribution is -2.54. The molecule has 0 bridgehead atoms. The van der Waals surface area contributed by atoms with Gasteiger partial charge in [0, 0.05) is 10.0 Å². The molecule has 0 saturated carbocycles. The van der Waals surface area contributed by atoms with Gasteiger partial charge in [0.2, 0.25) is 0 Å². The molecule has 26 heavy (non-hydrogen) atoms. The molecule has 2 aromatic rings. The van der Waals surface area contributed by atoms with Gasteiger partial charge in [-0.15, -0.1) is 0 Å². The number of barbiturate groups is 1. The molecule has 0 unspecified atom stereocenters. The molecule has 4 amide bonds. The Kier molecular flexibility index (Phi) is 5.18. The largest absolute Gasteiger partial charge is 0.493 e. The predicted octanol–water partition coefficient (Wildman–Crippen LogP) is 3.51. The molecule has 0 aromatic heterocycles. The maximum Gasteiger partial charge on any atom is 0.335 e. The molecule has 2 aromatic carbocycles. The molecular weight excluding hydrogens is 400 g/mol. The Morgan fingerprint density at radius 2 is 1.88 bits per heavy atom. The molecule has 0 spiro atoms. The van der Waals surface area contributed by atoms with Crippen molar-refractivity contribution >= 4 is 45.5 Å². The van der Waals surface area contributed by atoms with Crippen LogP contribution in [0.25, 0.3) is 6.08 Å². The van der Waals surface area contributed by atoms with E-state index in [0.717, 1.165) is 4.90 Å². The first-order chi connectivity index (χ1) is 12.5. The minimum atomic E-state index is -0.784. The third kappa shape index (κ3) is 3.52. The van der Waals surface area contributed by atoms with Crippen molar-refractivity contribution < 1.29 is 19.1 Å². The maximum absolute atomic E-state index is 12.9. The quantitative estimate of drug-likeness (QED) is 0.613. The van der Waals surface area contributed by atoms with Gasteiger partial charge < -0.3 is 4.74 Å². The molecule has 1 aliphatic rings. The minimum absolute atomic E-state index is 0.142. The number of ether oxygens (including phenoxy) is 1. The first-order valence-electron chi connectivity index (χ1n) is 7.90. The van der Waals surface area contributed by atoms with E-state index in [0.29, 0.717) is 28.1 Å². The van der Waals surface area contributed by atoms with Crippen LogP contribution in [-0.4, -0.2) is 24.5 Å². The van der Waals surface area contributed by atoms with Gasteiger partial charge in [0.1, 0.15) is 11.3 Å². The van der Waals surface area contributed by atoms with E-state index in [-0.39, 0.29) is 5.57 Å². The predicted molar refractivity (Wildman–Crippen MR) is 101 cm³/mol. The van der Waals surface area contributed by atoms with E-state index in [2.05, 4.69) is 21.2 Å². The van der Waals surface area contributed by atoms with Gasteiger partial charge in [-0.2, -0.15) is 0 Å². The van der Waals surface area contributed by atoms with Crippen molar-refractivity contribution in [2.45, 2.75) is 6.92 Å². The molecule has 0 aliphatic carbocycles. The van der Waals surface area contributed by atoms with E-state index in [1.807, 2.05) is 6.92 Å². The fourth-order valence-corrected chi connectivity index (χ4v) is 2.94. The summed E-state index contributed by atoms with van der Waals surface area (Å²) in [6.07, 6.45) is 1.43. The number of urea groups is 1. The molecule has 1 aliphatic heterocycles. The number of rotatable bonds is 4. The highest BCUT2D eigenvalue weighted by molar-refractivity contribution is 9.10. The van der Waals surface area contributed by atoms with Crippen LogP contribution >= 0.6 is 15.9 Å². The van der Waals surface area contributed by atoms with Crippen LogP contribution in [0, 0.1) is 0 Å². The Labute approximate surface area is 158 Å². The van der Waals surface area contributed by atoms with Gasteiger partial charge in [0.05, 0.1) is 12.3 Å². The zero-order chi connectivity index (χ0) is 18.7. The standard InChI is InChI=1S/C19H15BrN2O4/c1-2-26-16-9-4-3-6-12(16)10-15-17(23)21-19(25)22(18(15)24)14-8-5-7-13(20)11-14/h3-11H,2H2,1H3,(H,21,23,25). The van der Waals surface area contributed by atoms with Gasteiger partial charge >= 0.3 is 6.03 Å². The summed E-state index contributed by atoms with van der Waals surface area (Å²) in [6, 6.07) is 13.0. The van der Waals surface area contributed by atoms with Crippen molar-refractivity contribution in [3.05, 3.63) is 64.1 Å². The van der Waals surface area contributed by atoms with Crippen molar-refractivity contribution in [1.82, 2.24) is 5.32 Å². The maximum atomic E-state index is 12.9. The molecule has 6 nitrogen and oxygen atoms in total. The molecule has 0 radical (unpaired) electrons. The molecule has 132 valence electrons. The number of para-hydroxylation sites is 1. The first kappa shape index (κ1) is 17.9. The molecular formula is C19H15BrN2O4. The number of nitrogens with zero attached hydrogens (tertiary/aromatic N) is 1. The minimum Gasteiger partial charge on any atom is -0.493 e. The van der Waals surface area contributed by atoms with E-state index < -0.39 is 17.8 Å². The molecule has 1 N–H and O–H groups in total. The van der Waals surface area contributed by atoms with Crippen LogP contribution < -0.4 is 15.0 Å². The fraction of sp³-hybridized carbons (Fsp3) is 0.105. The van der Waals surface area contributed by atoms with Gasteiger partial charge in [-0.3, -0.25) is 14.9 Å². The second kappa shape index (κ2) is 7.53. The SMILES string of the molecule is CCOc1ccccc1C=C1C(=O)NC(=O)N(c2cccc(Br)c2)C1=O. The molecule has 7 heteroatoms. The molecule has 3 rings (SSSR count). The van der Waals surface area contributed by atoms with E-state index in [1.165, 1.54) is 6.08 Å². The fourth-order valence-electron chi connectivity index (χ4n) is 2.55. The van der Waals surface area contributed by atoms with E-state index in [9.17, 15) is 14.4 Å². The number of benzene rings is 2. The highest BCUT2D eigenvalue weighted by Crippen LogP contribution is 2.26. The number of anilines is 1. The number of amides is 4. The summed E-state index contributed by atoms with van der Waals surface area (Å²) in [5.41, 5.74) is 0.798. The lowest BCUT2D eigenvalue weighted by Gasteiger charge is -2.26. The Hall–Kier alpha value is -2.93. The molecule has 0 atom stereocenters. The summed E-state index contributed by atoms with van der Waals surface area (Å²) in [4.78, 5) is 38.2. The summed E-state index contributed by atoms with van der Waals surface area (Å²) >= 11 is 3.31.